The van der Waals surface area contributed by atoms with Crippen LogP contribution < -0.4 is 0 Å². The zero-order valence-corrected chi connectivity index (χ0v) is 11.8. The van der Waals surface area contributed by atoms with Crippen LogP contribution >= 0.6 is 34.4 Å². The Morgan fingerprint density at radius 3 is 2.62 bits per heavy atom. The molecule has 78 valence electrons. The number of thioether (sulfide) groups is 1. The Balaban J connectivity index is 2.33. The van der Waals surface area contributed by atoms with Gasteiger partial charge in [0.1, 0.15) is 0 Å². The summed E-state index contributed by atoms with van der Waals surface area (Å²) in [6.45, 7) is 9.51. The Kier molecular flexibility index (Phi) is 5.41. The first-order chi connectivity index (χ1) is 6.09. The summed E-state index contributed by atoms with van der Waals surface area (Å²) in [5.41, 5.74) is 0. The highest BCUT2D eigenvalue weighted by molar-refractivity contribution is 14.1. The van der Waals surface area contributed by atoms with Gasteiger partial charge in [0.15, 0.2) is 0 Å². The topological polar surface area (TPSA) is 3.24 Å². The molecule has 1 rings (SSSR count). The third-order valence-corrected chi connectivity index (χ3v) is 4.55. The number of likely N-dealkylation sites (tertiary alicyclic amines) is 1. The van der Waals surface area contributed by atoms with Crippen molar-refractivity contribution in [3.8, 4) is 0 Å². The van der Waals surface area contributed by atoms with Gasteiger partial charge in [0.05, 0.1) is 3.26 Å². The predicted molar refractivity (Wildman–Crippen MR) is 70.8 cm³/mol. The van der Waals surface area contributed by atoms with E-state index in [1.165, 1.54) is 25.9 Å². The molecule has 1 saturated heterocycles. The molecular formula is C10H20INS. The number of rotatable bonds is 3. The average molecular weight is 313 g/mol. The number of halogens is 1. The summed E-state index contributed by atoms with van der Waals surface area (Å²) < 4.78 is 0.759. The highest BCUT2D eigenvalue weighted by Crippen LogP contribution is 2.29. The largest absolute Gasteiger partial charge is 0.300 e. The summed E-state index contributed by atoms with van der Waals surface area (Å²) in [7, 11) is 0. The van der Waals surface area contributed by atoms with Crippen molar-refractivity contribution in [2.75, 3.05) is 13.1 Å². The molecule has 0 radical (unpaired) electrons. The third kappa shape index (κ3) is 4.38. The molecule has 0 spiro atoms. The minimum atomic E-state index is 0.730. The lowest BCUT2D eigenvalue weighted by Crippen LogP contribution is -2.41. The Labute approximate surface area is 100 Å². The van der Waals surface area contributed by atoms with Crippen LogP contribution in [0.1, 0.15) is 33.6 Å². The summed E-state index contributed by atoms with van der Waals surface area (Å²) >= 11 is 4.66. The molecular weight excluding hydrogens is 293 g/mol. The van der Waals surface area contributed by atoms with Gasteiger partial charge in [-0.3, -0.25) is 4.90 Å². The van der Waals surface area contributed by atoms with E-state index in [-0.39, 0.29) is 0 Å². The van der Waals surface area contributed by atoms with Gasteiger partial charge in [0.2, 0.25) is 0 Å². The molecule has 0 saturated carbocycles. The fourth-order valence-corrected chi connectivity index (χ4v) is 4.17. The quantitative estimate of drug-likeness (QED) is 0.580. The van der Waals surface area contributed by atoms with Crippen LogP contribution in [0, 0.1) is 0 Å². The lowest BCUT2D eigenvalue weighted by atomic mass is 10.1. The maximum absolute atomic E-state index is 2.61. The van der Waals surface area contributed by atoms with Crippen LogP contribution in [0.5, 0.6) is 0 Å². The van der Waals surface area contributed by atoms with E-state index in [1.807, 2.05) is 0 Å². The molecule has 0 N–H and O–H groups in total. The van der Waals surface area contributed by atoms with Crippen molar-refractivity contribution >= 4 is 34.4 Å². The van der Waals surface area contributed by atoms with Gasteiger partial charge in [-0.1, -0.05) is 22.6 Å². The summed E-state index contributed by atoms with van der Waals surface area (Å²) in [6, 6.07) is 0.730. The van der Waals surface area contributed by atoms with Gasteiger partial charge in [-0.2, -0.15) is 0 Å². The van der Waals surface area contributed by atoms with Gasteiger partial charge in [-0.05, 0) is 40.2 Å². The summed E-state index contributed by atoms with van der Waals surface area (Å²) in [5, 5.41) is 0.878. The van der Waals surface area contributed by atoms with E-state index in [0.29, 0.717) is 0 Å². The van der Waals surface area contributed by atoms with Crippen LogP contribution in [-0.4, -0.2) is 32.5 Å². The highest BCUT2D eigenvalue weighted by Gasteiger charge is 2.22. The van der Waals surface area contributed by atoms with Gasteiger partial charge in [-0.25, -0.2) is 0 Å². The predicted octanol–water partition coefficient (Wildman–Crippen LogP) is 3.37. The first kappa shape index (κ1) is 12.1. The van der Waals surface area contributed by atoms with E-state index in [0.717, 1.165) is 14.5 Å². The zero-order valence-electron chi connectivity index (χ0n) is 8.79. The van der Waals surface area contributed by atoms with E-state index in [1.54, 1.807) is 0 Å². The molecule has 0 aromatic heterocycles. The van der Waals surface area contributed by atoms with Crippen molar-refractivity contribution in [3.05, 3.63) is 0 Å². The average Bonchev–Trinajstić information content (AvgIpc) is 2.03. The number of hydrogen-bond acceptors (Lipinski definition) is 2. The van der Waals surface area contributed by atoms with Gasteiger partial charge in [0, 0.05) is 17.8 Å². The van der Waals surface area contributed by atoms with E-state index in [9.17, 15) is 0 Å². The fraction of sp³-hybridized carbons (Fsp3) is 1.00. The maximum atomic E-state index is 2.61. The number of nitrogens with zero attached hydrogens (tertiary/aromatic N) is 1. The molecule has 1 aliphatic heterocycles. The van der Waals surface area contributed by atoms with Crippen LogP contribution in [0.15, 0.2) is 0 Å². The van der Waals surface area contributed by atoms with E-state index < -0.39 is 0 Å². The smallest absolute Gasteiger partial charge is 0.0539 e. The molecule has 2 atom stereocenters. The van der Waals surface area contributed by atoms with Crippen LogP contribution in [0.3, 0.4) is 0 Å². The van der Waals surface area contributed by atoms with Crippen molar-refractivity contribution < 1.29 is 0 Å². The van der Waals surface area contributed by atoms with Crippen molar-refractivity contribution in [3.63, 3.8) is 0 Å². The third-order valence-electron chi connectivity index (χ3n) is 2.52. The molecule has 1 aliphatic rings. The second kappa shape index (κ2) is 5.81. The monoisotopic (exact) mass is 313 g/mol. The Bertz CT molecular complexity index is 150. The lowest BCUT2D eigenvalue weighted by molar-refractivity contribution is 0.189. The van der Waals surface area contributed by atoms with E-state index >= 15 is 0 Å². The maximum Gasteiger partial charge on any atom is 0.0539 e. The van der Waals surface area contributed by atoms with E-state index in [4.69, 9.17) is 0 Å². The van der Waals surface area contributed by atoms with Crippen LogP contribution in [0.25, 0.3) is 0 Å². The molecule has 0 amide bonds. The second-order valence-corrected chi connectivity index (χ2v) is 8.39. The fourth-order valence-electron chi connectivity index (χ4n) is 1.81. The molecule has 1 nitrogen and oxygen atoms in total. The Morgan fingerprint density at radius 1 is 1.38 bits per heavy atom. The second-order valence-electron chi connectivity index (χ2n) is 4.03. The number of piperidine rings is 1. The summed E-state index contributed by atoms with van der Waals surface area (Å²) in [6.07, 6.45) is 2.81. The molecule has 3 heteroatoms. The number of hydrogen-bond donors (Lipinski definition) is 0. The lowest BCUT2D eigenvalue weighted by Gasteiger charge is -2.35. The van der Waals surface area contributed by atoms with Crippen LogP contribution in [0.2, 0.25) is 0 Å². The van der Waals surface area contributed by atoms with Crippen molar-refractivity contribution in [2.24, 2.45) is 0 Å². The van der Waals surface area contributed by atoms with Gasteiger partial charge in [0.25, 0.3) is 0 Å². The molecule has 0 bridgehead atoms. The minimum Gasteiger partial charge on any atom is -0.300 e. The standard InChI is InChI=1S/C10H20INS/c1-8(2)12-6-4-5-10(7-12)13-9(3)11/h8-10H,4-7H2,1-3H3. The van der Waals surface area contributed by atoms with Gasteiger partial charge >= 0.3 is 0 Å². The van der Waals surface area contributed by atoms with E-state index in [2.05, 4.69) is 60.0 Å². The van der Waals surface area contributed by atoms with Crippen molar-refractivity contribution in [2.45, 2.75) is 48.2 Å². The molecule has 1 fully saturated rings. The first-order valence-electron chi connectivity index (χ1n) is 5.13. The Hall–Kier alpha value is 1.04. The number of alkyl halides is 1. The SMILES string of the molecule is CC(I)SC1CCCN(C(C)C)C1. The van der Waals surface area contributed by atoms with Crippen LogP contribution in [0.4, 0.5) is 0 Å². The highest BCUT2D eigenvalue weighted by atomic mass is 127. The van der Waals surface area contributed by atoms with Gasteiger partial charge in [-0.15, -0.1) is 11.8 Å². The minimum absolute atomic E-state index is 0.730. The molecule has 0 aliphatic carbocycles. The molecule has 0 aromatic carbocycles. The van der Waals surface area contributed by atoms with Crippen molar-refractivity contribution in [1.82, 2.24) is 4.90 Å². The Morgan fingerprint density at radius 2 is 2.08 bits per heavy atom. The summed E-state index contributed by atoms with van der Waals surface area (Å²) in [4.78, 5) is 2.61. The normalized spacial score (nSPS) is 27.9. The van der Waals surface area contributed by atoms with Gasteiger partial charge < -0.3 is 0 Å². The summed E-state index contributed by atoms with van der Waals surface area (Å²) in [5.74, 6) is 0. The molecule has 1 heterocycles. The molecule has 13 heavy (non-hydrogen) atoms. The van der Waals surface area contributed by atoms with Crippen molar-refractivity contribution in [1.29, 1.82) is 0 Å². The zero-order chi connectivity index (χ0) is 9.84. The molecule has 0 aromatic rings. The molecule has 2 unspecified atom stereocenters. The first-order valence-corrected chi connectivity index (χ1v) is 7.32. The van der Waals surface area contributed by atoms with Crippen LogP contribution in [-0.2, 0) is 0 Å².